The van der Waals surface area contributed by atoms with Gasteiger partial charge in [-0.3, -0.25) is 9.69 Å². The van der Waals surface area contributed by atoms with E-state index in [1.807, 2.05) is 0 Å². The summed E-state index contributed by atoms with van der Waals surface area (Å²) in [4.78, 5) is 13.2. The zero-order chi connectivity index (χ0) is 11.1. The van der Waals surface area contributed by atoms with E-state index >= 15 is 0 Å². The lowest BCUT2D eigenvalue weighted by Gasteiger charge is -2.32. The Morgan fingerprint density at radius 1 is 1.50 bits per heavy atom. The van der Waals surface area contributed by atoms with Gasteiger partial charge in [-0.05, 0) is 20.3 Å². The van der Waals surface area contributed by atoms with Gasteiger partial charge in [-0.25, -0.2) is 0 Å². The van der Waals surface area contributed by atoms with Gasteiger partial charge >= 0.3 is 5.97 Å². The number of methoxy groups -OCH3 is 1. The van der Waals surface area contributed by atoms with Gasteiger partial charge in [-0.2, -0.15) is 0 Å². The predicted octanol–water partition coefficient (Wildman–Crippen LogP) is 0.607. The number of hydrogen-bond donors (Lipinski definition) is 1. The molecule has 0 saturated carbocycles. The van der Waals surface area contributed by atoms with Crippen molar-refractivity contribution >= 4 is 5.97 Å². The maximum atomic E-state index is 11.2. The highest BCUT2D eigenvalue weighted by atomic mass is 16.5. The number of ether oxygens (including phenoxy) is 1. The van der Waals surface area contributed by atoms with Crippen LogP contribution in [0.1, 0.15) is 27.2 Å². The van der Waals surface area contributed by atoms with Crippen molar-refractivity contribution in [3.05, 3.63) is 0 Å². The monoisotopic (exact) mass is 202 g/mol. The molecule has 4 heteroatoms. The predicted molar refractivity (Wildman–Crippen MR) is 57.0 cm³/mol. The Kier molecular flexibility index (Phi) is 6.49. The van der Waals surface area contributed by atoms with E-state index in [1.165, 1.54) is 7.11 Å². The molecule has 0 heterocycles. The number of carbonyl (C=O) groups excluding carboxylic acids is 1. The van der Waals surface area contributed by atoms with Crippen LogP contribution in [0.3, 0.4) is 0 Å². The molecule has 1 unspecified atom stereocenters. The van der Waals surface area contributed by atoms with Crippen LogP contribution in [-0.4, -0.2) is 43.2 Å². The molecule has 84 valence electrons. The SMILES string of the molecule is CCC(CN)N(CC(=O)OC)C(C)C. The molecule has 1 atom stereocenters. The van der Waals surface area contributed by atoms with Crippen LogP contribution in [0.2, 0.25) is 0 Å². The second-order valence-electron chi connectivity index (χ2n) is 3.64. The van der Waals surface area contributed by atoms with Gasteiger partial charge < -0.3 is 10.5 Å². The van der Waals surface area contributed by atoms with E-state index in [4.69, 9.17) is 5.73 Å². The van der Waals surface area contributed by atoms with E-state index < -0.39 is 0 Å². The third-order valence-corrected chi connectivity index (χ3v) is 2.41. The lowest BCUT2D eigenvalue weighted by atomic mass is 10.1. The fraction of sp³-hybridized carbons (Fsp3) is 0.900. The molecule has 0 bridgehead atoms. The van der Waals surface area contributed by atoms with E-state index in [0.29, 0.717) is 19.1 Å². The second kappa shape index (κ2) is 6.79. The average molecular weight is 202 g/mol. The molecule has 0 aromatic heterocycles. The van der Waals surface area contributed by atoms with Crippen molar-refractivity contribution in [3.8, 4) is 0 Å². The van der Waals surface area contributed by atoms with E-state index in [9.17, 15) is 4.79 Å². The van der Waals surface area contributed by atoms with Crippen molar-refractivity contribution in [1.82, 2.24) is 4.90 Å². The van der Waals surface area contributed by atoms with Crippen molar-refractivity contribution in [1.29, 1.82) is 0 Å². The molecule has 4 nitrogen and oxygen atoms in total. The number of nitrogens with zero attached hydrogens (tertiary/aromatic N) is 1. The number of hydrogen-bond acceptors (Lipinski definition) is 4. The van der Waals surface area contributed by atoms with Gasteiger partial charge in [0.15, 0.2) is 0 Å². The van der Waals surface area contributed by atoms with Crippen LogP contribution >= 0.6 is 0 Å². The molecule has 0 rings (SSSR count). The minimum Gasteiger partial charge on any atom is -0.468 e. The normalized spacial score (nSPS) is 13.4. The molecular formula is C10H22N2O2. The minimum atomic E-state index is -0.203. The van der Waals surface area contributed by atoms with Crippen LogP contribution in [0.5, 0.6) is 0 Å². The van der Waals surface area contributed by atoms with Gasteiger partial charge in [0.05, 0.1) is 13.7 Å². The molecule has 0 aliphatic carbocycles. The summed E-state index contributed by atoms with van der Waals surface area (Å²) in [5.74, 6) is -0.203. The fourth-order valence-electron chi connectivity index (χ4n) is 1.48. The van der Waals surface area contributed by atoms with Crippen LogP contribution in [0, 0.1) is 0 Å². The van der Waals surface area contributed by atoms with Gasteiger partial charge in [-0.15, -0.1) is 0 Å². The molecule has 0 spiro atoms. The Bertz CT molecular complexity index is 168. The Morgan fingerprint density at radius 3 is 2.36 bits per heavy atom. The van der Waals surface area contributed by atoms with Gasteiger partial charge in [-0.1, -0.05) is 6.92 Å². The minimum absolute atomic E-state index is 0.203. The Morgan fingerprint density at radius 2 is 2.07 bits per heavy atom. The Labute approximate surface area is 86.4 Å². The van der Waals surface area contributed by atoms with Crippen LogP contribution in [-0.2, 0) is 9.53 Å². The number of esters is 1. The summed E-state index contributed by atoms with van der Waals surface area (Å²) in [5, 5.41) is 0. The third-order valence-electron chi connectivity index (χ3n) is 2.41. The standard InChI is InChI=1S/C10H22N2O2/c1-5-9(6-11)12(8(2)3)7-10(13)14-4/h8-9H,5-7,11H2,1-4H3. The summed E-state index contributed by atoms with van der Waals surface area (Å²) in [6, 6.07) is 0.566. The average Bonchev–Trinajstić information content (AvgIpc) is 2.17. The molecule has 0 aliphatic heterocycles. The lowest BCUT2D eigenvalue weighted by molar-refractivity contribution is -0.143. The first-order chi connectivity index (χ1) is 6.56. The topological polar surface area (TPSA) is 55.6 Å². The summed E-state index contributed by atoms with van der Waals surface area (Å²) in [7, 11) is 1.41. The van der Waals surface area contributed by atoms with E-state index in [2.05, 4.69) is 30.4 Å². The smallest absolute Gasteiger partial charge is 0.319 e. The van der Waals surface area contributed by atoms with Crippen LogP contribution in [0.4, 0.5) is 0 Å². The molecule has 0 saturated heterocycles. The molecule has 2 N–H and O–H groups in total. The summed E-state index contributed by atoms with van der Waals surface area (Å²) >= 11 is 0. The van der Waals surface area contributed by atoms with Crippen molar-refractivity contribution in [2.45, 2.75) is 39.3 Å². The zero-order valence-corrected chi connectivity index (χ0v) is 9.62. The van der Waals surface area contributed by atoms with Crippen molar-refractivity contribution in [2.24, 2.45) is 5.73 Å². The second-order valence-corrected chi connectivity index (χ2v) is 3.64. The van der Waals surface area contributed by atoms with Crippen molar-refractivity contribution < 1.29 is 9.53 Å². The van der Waals surface area contributed by atoms with Crippen LogP contribution < -0.4 is 5.73 Å². The highest BCUT2D eigenvalue weighted by molar-refractivity contribution is 5.71. The largest absolute Gasteiger partial charge is 0.468 e. The molecule has 0 aliphatic rings. The highest BCUT2D eigenvalue weighted by Gasteiger charge is 2.21. The first kappa shape index (κ1) is 13.4. The molecule has 0 aromatic rings. The molecule has 0 fully saturated rings. The first-order valence-electron chi connectivity index (χ1n) is 5.09. The van der Waals surface area contributed by atoms with Crippen LogP contribution in [0.15, 0.2) is 0 Å². The quantitative estimate of drug-likeness (QED) is 0.641. The van der Waals surface area contributed by atoms with Gasteiger partial charge in [0.2, 0.25) is 0 Å². The summed E-state index contributed by atoms with van der Waals surface area (Å²) in [5.41, 5.74) is 5.65. The number of nitrogens with two attached hydrogens (primary N) is 1. The van der Waals surface area contributed by atoms with E-state index in [1.54, 1.807) is 0 Å². The van der Waals surface area contributed by atoms with Gasteiger partial charge in [0.1, 0.15) is 0 Å². The van der Waals surface area contributed by atoms with E-state index in [-0.39, 0.29) is 12.0 Å². The lowest BCUT2D eigenvalue weighted by Crippen LogP contribution is -2.47. The number of rotatable bonds is 6. The zero-order valence-electron chi connectivity index (χ0n) is 9.62. The molecule has 0 radical (unpaired) electrons. The summed E-state index contributed by atoms with van der Waals surface area (Å²) in [6.07, 6.45) is 0.950. The molecule has 0 amide bonds. The maximum Gasteiger partial charge on any atom is 0.319 e. The number of carbonyl (C=O) groups is 1. The summed E-state index contributed by atoms with van der Waals surface area (Å²) in [6.45, 7) is 7.09. The maximum absolute atomic E-state index is 11.2. The molecule has 14 heavy (non-hydrogen) atoms. The molecule has 0 aromatic carbocycles. The Balaban J connectivity index is 4.34. The van der Waals surface area contributed by atoms with Gasteiger partial charge in [0.25, 0.3) is 0 Å². The Hall–Kier alpha value is -0.610. The van der Waals surface area contributed by atoms with Crippen LogP contribution in [0.25, 0.3) is 0 Å². The van der Waals surface area contributed by atoms with Crippen molar-refractivity contribution in [2.75, 3.05) is 20.2 Å². The first-order valence-corrected chi connectivity index (χ1v) is 5.09. The van der Waals surface area contributed by atoms with Gasteiger partial charge in [0, 0.05) is 18.6 Å². The third kappa shape index (κ3) is 4.07. The van der Waals surface area contributed by atoms with Crippen molar-refractivity contribution in [3.63, 3.8) is 0 Å². The molecular weight excluding hydrogens is 180 g/mol. The summed E-state index contributed by atoms with van der Waals surface area (Å²) < 4.78 is 4.65. The fourth-order valence-corrected chi connectivity index (χ4v) is 1.48. The highest BCUT2D eigenvalue weighted by Crippen LogP contribution is 2.07. The van der Waals surface area contributed by atoms with E-state index in [0.717, 1.165) is 6.42 Å².